The lowest BCUT2D eigenvalue weighted by atomic mass is 9.72. The number of benzene rings is 2. The number of H-pyrrole nitrogens is 1. The minimum Gasteiger partial charge on any atom is -0.463 e. The summed E-state index contributed by atoms with van der Waals surface area (Å²) in [7, 11) is 0. The van der Waals surface area contributed by atoms with Crippen LogP contribution in [0, 0.1) is 18.7 Å². The SMILES string of the molecule is C=CC(=O)N1[C@H](C)CN(c2nc(OCCC3CC(C)(F)C3)nc3c(F)c(-c4c(C)ccc5cn[nH]c45)c(Cl)cc23)C[C@@H]1C. The lowest BCUT2D eigenvalue weighted by molar-refractivity contribution is -0.130. The number of fused-ring (bicyclic) bond motifs is 2. The molecular formula is C32H35ClF2N6O2. The predicted molar refractivity (Wildman–Crippen MR) is 165 cm³/mol. The van der Waals surface area contributed by atoms with Crippen molar-refractivity contribution in [2.24, 2.45) is 5.92 Å². The van der Waals surface area contributed by atoms with Gasteiger partial charge in [0.2, 0.25) is 5.91 Å². The third kappa shape index (κ3) is 5.30. The molecule has 2 atom stereocenters. The number of carbonyl (C=O) groups excluding carboxylic acids is 1. The zero-order valence-corrected chi connectivity index (χ0v) is 25.5. The Balaban J connectivity index is 1.44. The van der Waals surface area contributed by atoms with E-state index < -0.39 is 11.5 Å². The Hall–Kier alpha value is -3.79. The molecular weight excluding hydrogens is 574 g/mol. The van der Waals surface area contributed by atoms with Crippen molar-refractivity contribution in [3.8, 4) is 17.1 Å². The third-order valence-corrected chi connectivity index (χ3v) is 9.05. The molecule has 11 heteroatoms. The zero-order valence-electron chi connectivity index (χ0n) is 24.8. The van der Waals surface area contributed by atoms with Gasteiger partial charge in [-0.1, -0.05) is 30.3 Å². The van der Waals surface area contributed by atoms with Gasteiger partial charge in [0.05, 0.1) is 23.3 Å². The fraction of sp³-hybridized carbons (Fsp3) is 0.438. The number of halogens is 3. The van der Waals surface area contributed by atoms with E-state index >= 15 is 4.39 Å². The van der Waals surface area contributed by atoms with E-state index in [0.717, 1.165) is 10.9 Å². The van der Waals surface area contributed by atoms with Crippen molar-refractivity contribution in [1.82, 2.24) is 25.1 Å². The van der Waals surface area contributed by atoms with Gasteiger partial charge in [-0.15, -0.1) is 0 Å². The number of amides is 1. The summed E-state index contributed by atoms with van der Waals surface area (Å²) in [6.45, 7) is 12.3. The maximum absolute atomic E-state index is 16.7. The first-order chi connectivity index (χ1) is 20.5. The molecule has 1 aliphatic carbocycles. The number of alkyl halides is 1. The second kappa shape index (κ2) is 11.0. The number of aryl methyl sites for hydroxylation is 1. The van der Waals surface area contributed by atoms with E-state index in [2.05, 4.69) is 21.8 Å². The smallest absolute Gasteiger partial charge is 0.319 e. The van der Waals surface area contributed by atoms with Crippen LogP contribution >= 0.6 is 11.6 Å². The number of piperazine rings is 1. The van der Waals surface area contributed by atoms with Crippen molar-refractivity contribution in [2.75, 3.05) is 24.6 Å². The monoisotopic (exact) mass is 608 g/mol. The minimum absolute atomic E-state index is 0.0402. The molecule has 4 aromatic rings. The fourth-order valence-electron chi connectivity index (χ4n) is 6.83. The summed E-state index contributed by atoms with van der Waals surface area (Å²) >= 11 is 6.86. The quantitative estimate of drug-likeness (QED) is 0.232. The fourth-order valence-corrected chi connectivity index (χ4v) is 7.12. The third-order valence-electron chi connectivity index (χ3n) is 8.75. The van der Waals surface area contributed by atoms with Gasteiger partial charge in [0.1, 0.15) is 17.0 Å². The number of hydrogen-bond acceptors (Lipinski definition) is 6. The van der Waals surface area contributed by atoms with Gasteiger partial charge in [-0.3, -0.25) is 9.89 Å². The molecule has 1 aliphatic heterocycles. The van der Waals surface area contributed by atoms with Gasteiger partial charge in [0.15, 0.2) is 5.82 Å². The van der Waals surface area contributed by atoms with Gasteiger partial charge in [0, 0.05) is 47.1 Å². The Morgan fingerprint density at radius 1 is 1.23 bits per heavy atom. The molecule has 0 unspecified atom stereocenters. The summed E-state index contributed by atoms with van der Waals surface area (Å²) in [6, 6.07) is 5.26. The van der Waals surface area contributed by atoms with Gasteiger partial charge in [-0.2, -0.15) is 15.1 Å². The average Bonchev–Trinajstić information content (AvgIpc) is 3.41. The predicted octanol–water partition coefficient (Wildman–Crippen LogP) is 6.79. The molecule has 2 aromatic carbocycles. The Bertz CT molecular complexity index is 1720. The number of nitrogens with one attached hydrogen (secondary N) is 1. The maximum Gasteiger partial charge on any atom is 0.319 e. The molecule has 6 rings (SSSR count). The van der Waals surface area contributed by atoms with Crippen molar-refractivity contribution in [3.05, 3.63) is 53.5 Å². The van der Waals surface area contributed by atoms with Gasteiger partial charge >= 0.3 is 6.01 Å². The molecule has 1 saturated heterocycles. The summed E-state index contributed by atoms with van der Waals surface area (Å²) in [5.41, 5.74) is 1.30. The van der Waals surface area contributed by atoms with Crippen LogP contribution in [0.15, 0.2) is 37.1 Å². The Labute approximate surface area is 254 Å². The molecule has 2 aliphatic rings. The van der Waals surface area contributed by atoms with E-state index in [1.165, 1.54) is 6.08 Å². The highest BCUT2D eigenvalue weighted by Gasteiger charge is 2.40. The van der Waals surface area contributed by atoms with Crippen molar-refractivity contribution >= 4 is 45.1 Å². The van der Waals surface area contributed by atoms with Crippen LogP contribution < -0.4 is 9.64 Å². The zero-order chi connectivity index (χ0) is 30.6. The van der Waals surface area contributed by atoms with E-state index in [1.807, 2.05) is 37.8 Å². The molecule has 226 valence electrons. The molecule has 2 fully saturated rings. The number of carbonyl (C=O) groups is 1. The summed E-state index contributed by atoms with van der Waals surface area (Å²) in [5, 5.41) is 8.62. The molecule has 43 heavy (non-hydrogen) atoms. The Kier molecular flexibility index (Phi) is 7.52. The van der Waals surface area contributed by atoms with Crippen molar-refractivity contribution in [3.63, 3.8) is 0 Å². The minimum atomic E-state index is -1.12. The summed E-state index contributed by atoms with van der Waals surface area (Å²) in [6.07, 6.45) is 4.66. The number of nitrogens with zero attached hydrogens (tertiary/aromatic N) is 5. The number of ether oxygens (including phenoxy) is 1. The highest BCUT2D eigenvalue weighted by molar-refractivity contribution is 6.35. The van der Waals surface area contributed by atoms with Crippen LogP contribution in [-0.4, -0.2) is 68.4 Å². The number of aromatic amines is 1. The standard InChI is InChI=1S/C32H35ClF2N6O2/c1-6-24(42)41-18(3)15-40(16-19(41)4)30-22-11-23(33)26(25-17(2)7-8-21-14-36-39-28(21)25)27(34)29(22)37-31(38-30)43-10-9-20-12-32(5,35)13-20/h6-8,11,14,18-20H,1,9-10,12-13,15-16H2,2-5H3,(H,36,39)/t18-,19+,20?,32?. The Morgan fingerprint density at radius 2 is 1.95 bits per heavy atom. The van der Waals surface area contributed by atoms with Crippen molar-refractivity contribution < 1.29 is 18.3 Å². The number of anilines is 1. The van der Waals surface area contributed by atoms with E-state index in [9.17, 15) is 9.18 Å². The summed E-state index contributed by atoms with van der Waals surface area (Å²) in [4.78, 5) is 25.7. The average molecular weight is 609 g/mol. The topological polar surface area (TPSA) is 87.2 Å². The molecule has 1 saturated carbocycles. The second-order valence-electron chi connectivity index (χ2n) is 12.2. The molecule has 2 aromatic heterocycles. The summed E-state index contributed by atoms with van der Waals surface area (Å²) < 4.78 is 36.7. The van der Waals surface area contributed by atoms with Crippen molar-refractivity contribution in [2.45, 2.75) is 64.7 Å². The molecule has 8 nitrogen and oxygen atoms in total. The molecule has 0 spiro atoms. The lowest BCUT2D eigenvalue weighted by Crippen LogP contribution is -2.58. The maximum atomic E-state index is 16.7. The number of hydrogen-bond donors (Lipinski definition) is 1. The highest BCUT2D eigenvalue weighted by Crippen LogP contribution is 2.44. The van der Waals surface area contributed by atoms with Gasteiger partial charge in [-0.05, 0) is 70.6 Å². The molecule has 1 N–H and O–H groups in total. The van der Waals surface area contributed by atoms with Crippen LogP contribution in [0.5, 0.6) is 6.01 Å². The van der Waals surface area contributed by atoms with Crippen LogP contribution in [-0.2, 0) is 4.79 Å². The number of rotatable bonds is 7. The highest BCUT2D eigenvalue weighted by atomic mass is 35.5. The molecule has 3 heterocycles. The largest absolute Gasteiger partial charge is 0.463 e. The first kappa shape index (κ1) is 29.3. The van der Waals surface area contributed by atoms with Gasteiger partial charge < -0.3 is 14.5 Å². The second-order valence-corrected chi connectivity index (χ2v) is 12.6. The van der Waals surface area contributed by atoms with E-state index in [1.54, 1.807) is 24.1 Å². The molecule has 1 amide bonds. The normalized spacial score (nSPS) is 23.9. The van der Waals surface area contributed by atoms with Gasteiger partial charge in [-0.25, -0.2) is 8.78 Å². The van der Waals surface area contributed by atoms with E-state index in [0.29, 0.717) is 54.6 Å². The number of aromatic nitrogens is 4. The van der Waals surface area contributed by atoms with Crippen LogP contribution in [0.3, 0.4) is 0 Å². The summed E-state index contributed by atoms with van der Waals surface area (Å²) in [5.74, 6) is -0.0195. The van der Waals surface area contributed by atoms with Crippen LogP contribution in [0.25, 0.3) is 32.9 Å². The molecule has 0 radical (unpaired) electrons. The van der Waals surface area contributed by atoms with E-state index in [-0.39, 0.29) is 52.6 Å². The van der Waals surface area contributed by atoms with Crippen LogP contribution in [0.1, 0.15) is 45.6 Å². The molecule has 0 bridgehead atoms. The van der Waals surface area contributed by atoms with E-state index in [4.69, 9.17) is 21.3 Å². The van der Waals surface area contributed by atoms with Crippen LogP contribution in [0.2, 0.25) is 5.02 Å². The Morgan fingerprint density at radius 3 is 2.63 bits per heavy atom. The lowest BCUT2D eigenvalue weighted by Gasteiger charge is -2.44. The van der Waals surface area contributed by atoms with Crippen LogP contribution in [0.4, 0.5) is 14.6 Å². The van der Waals surface area contributed by atoms with Gasteiger partial charge in [0.25, 0.3) is 0 Å². The van der Waals surface area contributed by atoms with Crippen molar-refractivity contribution in [1.29, 1.82) is 0 Å². The first-order valence-corrected chi connectivity index (χ1v) is 15.0. The first-order valence-electron chi connectivity index (χ1n) is 14.6.